The second-order valence-corrected chi connectivity index (χ2v) is 4.50. The zero-order valence-corrected chi connectivity index (χ0v) is 11.5. The number of pyridine rings is 3. The fourth-order valence-electron chi connectivity index (χ4n) is 1.94. The van der Waals surface area contributed by atoms with Gasteiger partial charge in [-0.2, -0.15) is 0 Å². The summed E-state index contributed by atoms with van der Waals surface area (Å²) in [4.78, 5) is 36.8. The van der Waals surface area contributed by atoms with Crippen LogP contribution in [-0.4, -0.2) is 26.5 Å². The summed E-state index contributed by atoms with van der Waals surface area (Å²) in [6.07, 6.45) is 3.08. The fraction of sp³-hybridized carbons (Fsp3) is 0. The van der Waals surface area contributed by atoms with Crippen molar-refractivity contribution in [1.82, 2.24) is 15.0 Å². The maximum Gasteiger partial charge on any atom is 0.229 e. The smallest absolute Gasteiger partial charge is 0.229 e. The zero-order valence-electron chi connectivity index (χ0n) is 11.5. The molecule has 0 spiro atoms. The van der Waals surface area contributed by atoms with Gasteiger partial charge in [-0.25, -0.2) is 4.98 Å². The van der Waals surface area contributed by atoms with E-state index in [1.54, 1.807) is 54.6 Å². The first-order valence-electron chi connectivity index (χ1n) is 6.64. The number of aromatic nitrogens is 3. The largest absolute Gasteiger partial charge is 0.285 e. The van der Waals surface area contributed by atoms with Crippen LogP contribution in [-0.2, 0) is 0 Å². The predicted molar refractivity (Wildman–Crippen MR) is 79.6 cm³/mol. The molecule has 22 heavy (non-hydrogen) atoms. The first-order valence-corrected chi connectivity index (χ1v) is 6.64. The molecule has 0 saturated carbocycles. The summed E-state index contributed by atoms with van der Waals surface area (Å²) in [7, 11) is 0. The summed E-state index contributed by atoms with van der Waals surface area (Å²) in [5.74, 6) is -0.646. The molecule has 0 fully saturated rings. The van der Waals surface area contributed by atoms with Crippen LogP contribution in [0.25, 0.3) is 0 Å². The Morgan fingerprint density at radius 2 is 1.05 bits per heavy atom. The van der Waals surface area contributed by atoms with Crippen molar-refractivity contribution in [3.8, 4) is 0 Å². The minimum atomic E-state index is -0.323. The van der Waals surface area contributed by atoms with Gasteiger partial charge in [0.1, 0.15) is 22.8 Å². The molecule has 106 valence electrons. The molecule has 3 rings (SSSR count). The molecule has 0 amide bonds. The Bertz CT molecular complexity index is 751. The number of carbonyl (C=O) groups is 2. The summed E-state index contributed by atoms with van der Waals surface area (Å²) < 4.78 is 0. The van der Waals surface area contributed by atoms with E-state index in [2.05, 4.69) is 15.0 Å². The van der Waals surface area contributed by atoms with Crippen molar-refractivity contribution in [1.29, 1.82) is 0 Å². The van der Waals surface area contributed by atoms with E-state index >= 15 is 0 Å². The number of rotatable bonds is 4. The van der Waals surface area contributed by atoms with Crippen LogP contribution in [0.1, 0.15) is 32.4 Å². The third-order valence-corrected chi connectivity index (χ3v) is 3.01. The average molecular weight is 289 g/mol. The molecular formula is C17H11N3O2. The third-order valence-electron chi connectivity index (χ3n) is 3.01. The topological polar surface area (TPSA) is 72.8 Å². The van der Waals surface area contributed by atoms with Gasteiger partial charge in [0.25, 0.3) is 0 Å². The van der Waals surface area contributed by atoms with Gasteiger partial charge in [-0.15, -0.1) is 0 Å². The van der Waals surface area contributed by atoms with Gasteiger partial charge in [0.2, 0.25) is 11.6 Å². The van der Waals surface area contributed by atoms with Crippen molar-refractivity contribution >= 4 is 11.6 Å². The molecule has 0 aliphatic carbocycles. The molecule has 0 bridgehead atoms. The van der Waals surface area contributed by atoms with Gasteiger partial charge in [-0.1, -0.05) is 18.2 Å². The monoisotopic (exact) mass is 289 g/mol. The van der Waals surface area contributed by atoms with Gasteiger partial charge in [-0.3, -0.25) is 19.6 Å². The summed E-state index contributed by atoms with van der Waals surface area (Å²) in [6, 6.07) is 14.9. The SMILES string of the molecule is O=C(c1ccccn1)c1cccc(C(=O)c2ccccn2)n1. The Kier molecular flexibility index (Phi) is 3.78. The Hall–Kier alpha value is -3.21. The number of carbonyl (C=O) groups excluding carboxylic acids is 2. The standard InChI is InChI=1S/C17H11N3O2/c21-16(12-6-1-3-10-18-12)14-8-5-9-15(20-14)17(22)13-7-2-4-11-19-13/h1-11H. The first-order chi connectivity index (χ1) is 10.8. The first kappa shape index (κ1) is 13.8. The van der Waals surface area contributed by atoms with Crippen LogP contribution in [0, 0.1) is 0 Å². The highest BCUT2D eigenvalue weighted by Gasteiger charge is 2.16. The summed E-state index contributed by atoms with van der Waals surface area (Å²) in [5.41, 5.74) is 0.941. The summed E-state index contributed by atoms with van der Waals surface area (Å²) >= 11 is 0. The van der Waals surface area contributed by atoms with Gasteiger partial charge < -0.3 is 0 Å². The van der Waals surface area contributed by atoms with E-state index in [-0.39, 0.29) is 34.3 Å². The highest BCUT2D eigenvalue weighted by molar-refractivity contribution is 6.09. The summed E-state index contributed by atoms with van der Waals surface area (Å²) in [5, 5.41) is 0. The molecule has 0 aliphatic rings. The van der Waals surface area contributed by atoms with Gasteiger partial charge in [0.15, 0.2) is 0 Å². The van der Waals surface area contributed by atoms with Crippen molar-refractivity contribution in [3.63, 3.8) is 0 Å². The average Bonchev–Trinajstić information content (AvgIpc) is 2.62. The van der Waals surface area contributed by atoms with Gasteiger partial charge in [0, 0.05) is 12.4 Å². The van der Waals surface area contributed by atoms with Crippen LogP contribution in [0.4, 0.5) is 0 Å². The van der Waals surface area contributed by atoms with Crippen LogP contribution in [0.15, 0.2) is 67.0 Å². The quantitative estimate of drug-likeness (QED) is 0.689. The Morgan fingerprint density at radius 1 is 0.591 bits per heavy atom. The molecule has 0 radical (unpaired) electrons. The van der Waals surface area contributed by atoms with Crippen molar-refractivity contribution < 1.29 is 9.59 Å². The lowest BCUT2D eigenvalue weighted by molar-refractivity contribution is 0.102. The molecular weight excluding hydrogens is 278 g/mol. The van der Waals surface area contributed by atoms with Crippen LogP contribution >= 0.6 is 0 Å². The predicted octanol–water partition coefficient (Wildman–Crippen LogP) is 2.33. The molecule has 0 saturated heterocycles. The molecule has 3 aromatic heterocycles. The van der Waals surface area contributed by atoms with Crippen molar-refractivity contribution in [2.75, 3.05) is 0 Å². The van der Waals surface area contributed by atoms with Crippen molar-refractivity contribution in [3.05, 3.63) is 89.8 Å². The number of hydrogen-bond donors (Lipinski definition) is 0. The van der Waals surface area contributed by atoms with E-state index < -0.39 is 0 Å². The molecule has 3 heterocycles. The Balaban J connectivity index is 1.94. The molecule has 0 unspecified atom stereocenters. The number of nitrogens with zero attached hydrogens (tertiary/aromatic N) is 3. The molecule has 0 N–H and O–H groups in total. The van der Waals surface area contributed by atoms with Crippen LogP contribution in [0.2, 0.25) is 0 Å². The van der Waals surface area contributed by atoms with E-state index in [1.807, 2.05) is 0 Å². The second-order valence-electron chi connectivity index (χ2n) is 4.50. The van der Waals surface area contributed by atoms with Crippen molar-refractivity contribution in [2.45, 2.75) is 0 Å². The highest BCUT2D eigenvalue weighted by Crippen LogP contribution is 2.09. The van der Waals surface area contributed by atoms with E-state index in [1.165, 1.54) is 12.4 Å². The van der Waals surface area contributed by atoms with Crippen molar-refractivity contribution in [2.24, 2.45) is 0 Å². The lowest BCUT2D eigenvalue weighted by Crippen LogP contribution is -2.11. The third kappa shape index (κ3) is 2.78. The van der Waals surface area contributed by atoms with E-state index in [9.17, 15) is 9.59 Å². The van der Waals surface area contributed by atoms with Gasteiger partial charge in [0.05, 0.1) is 0 Å². The molecule has 5 heteroatoms. The van der Waals surface area contributed by atoms with E-state index in [0.717, 1.165) is 0 Å². The lowest BCUT2D eigenvalue weighted by atomic mass is 10.1. The molecule has 5 nitrogen and oxygen atoms in total. The van der Waals surface area contributed by atoms with Crippen LogP contribution in [0.5, 0.6) is 0 Å². The number of ketones is 2. The van der Waals surface area contributed by atoms with Gasteiger partial charge in [-0.05, 0) is 36.4 Å². The Morgan fingerprint density at radius 3 is 1.45 bits per heavy atom. The number of hydrogen-bond acceptors (Lipinski definition) is 5. The summed E-state index contributed by atoms with van der Waals surface area (Å²) in [6.45, 7) is 0. The second kappa shape index (κ2) is 6.05. The minimum absolute atomic E-state index is 0.181. The normalized spacial score (nSPS) is 10.2. The van der Waals surface area contributed by atoms with E-state index in [0.29, 0.717) is 0 Å². The molecule has 0 atom stereocenters. The maximum absolute atomic E-state index is 12.3. The fourth-order valence-corrected chi connectivity index (χ4v) is 1.94. The van der Waals surface area contributed by atoms with Crippen LogP contribution < -0.4 is 0 Å². The van der Waals surface area contributed by atoms with E-state index in [4.69, 9.17) is 0 Å². The minimum Gasteiger partial charge on any atom is -0.285 e. The maximum atomic E-state index is 12.3. The molecule has 0 aliphatic heterocycles. The molecule has 3 aromatic rings. The Labute approximate surface area is 126 Å². The molecule has 0 aromatic carbocycles. The lowest BCUT2D eigenvalue weighted by Gasteiger charge is -2.03. The van der Waals surface area contributed by atoms with Crippen LogP contribution in [0.3, 0.4) is 0 Å². The van der Waals surface area contributed by atoms with Gasteiger partial charge >= 0.3 is 0 Å². The zero-order chi connectivity index (χ0) is 15.4. The highest BCUT2D eigenvalue weighted by atomic mass is 16.1.